The van der Waals surface area contributed by atoms with E-state index >= 15 is 0 Å². The van der Waals surface area contributed by atoms with Gasteiger partial charge in [-0.2, -0.15) is 13.5 Å². The molecule has 1 rings (SSSR count). The Morgan fingerprint density at radius 1 is 1.69 bits per heavy atom. The number of carbonyl (C=O) groups is 1. The standard InChI is InChI=1S/C5H5F2N3O3/c6-5(7,2-11)10-1-3(4(12)13)8-9-10/h1,11H,2H2,(H,12,13). The lowest BCUT2D eigenvalue weighted by Gasteiger charge is -2.11. The fourth-order valence-corrected chi connectivity index (χ4v) is 0.594. The maximum absolute atomic E-state index is 12.6. The first kappa shape index (κ1) is 9.52. The zero-order valence-corrected chi connectivity index (χ0v) is 6.18. The molecular weight excluding hydrogens is 188 g/mol. The minimum Gasteiger partial charge on any atom is -0.476 e. The smallest absolute Gasteiger partial charge is 0.367 e. The van der Waals surface area contributed by atoms with Gasteiger partial charge in [0, 0.05) is 0 Å². The summed E-state index contributed by atoms with van der Waals surface area (Å²) in [5, 5.41) is 22.3. The highest BCUT2D eigenvalue weighted by Crippen LogP contribution is 2.17. The number of alkyl halides is 2. The van der Waals surface area contributed by atoms with Crippen molar-refractivity contribution in [1.29, 1.82) is 0 Å². The Labute approximate surface area is 70.4 Å². The van der Waals surface area contributed by atoms with Crippen molar-refractivity contribution in [2.45, 2.75) is 6.05 Å². The summed E-state index contributed by atoms with van der Waals surface area (Å²) in [6, 6.07) is -3.62. The van der Waals surface area contributed by atoms with Gasteiger partial charge in [0.25, 0.3) is 0 Å². The van der Waals surface area contributed by atoms with Gasteiger partial charge in [-0.15, -0.1) is 5.10 Å². The molecule has 1 aromatic rings. The number of carboxylic acids is 1. The van der Waals surface area contributed by atoms with Gasteiger partial charge in [-0.25, -0.2) is 4.79 Å². The summed E-state index contributed by atoms with van der Waals surface area (Å²) in [6.07, 6.45) is 0.540. The van der Waals surface area contributed by atoms with Gasteiger partial charge in [0.2, 0.25) is 0 Å². The number of nitrogens with zero attached hydrogens (tertiary/aromatic N) is 3. The van der Waals surface area contributed by atoms with E-state index in [1.54, 1.807) is 0 Å². The lowest BCUT2D eigenvalue weighted by Crippen LogP contribution is -2.27. The molecule has 0 bridgehead atoms. The van der Waals surface area contributed by atoms with E-state index in [2.05, 4.69) is 10.3 Å². The monoisotopic (exact) mass is 193 g/mol. The first-order valence-electron chi connectivity index (χ1n) is 3.12. The fourth-order valence-electron chi connectivity index (χ4n) is 0.594. The molecule has 0 saturated heterocycles. The van der Waals surface area contributed by atoms with Crippen LogP contribution in [0.15, 0.2) is 6.20 Å². The normalized spacial score (nSPS) is 11.6. The van der Waals surface area contributed by atoms with Gasteiger partial charge >= 0.3 is 12.0 Å². The summed E-state index contributed by atoms with van der Waals surface area (Å²) < 4.78 is 25.2. The average Bonchev–Trinajstić information content (AvgIpc) is 2.52. The summed E-state index contributed by atoms with van der Waals surface area (Å²) >= 11 is 0. The number of rotatable bonds is 3. The molecular formula is C5H5F2N3O3. The predicted octanol–water partition coefficient (Wildman–Crippen LogP) is -0.482. The van der Waals surface area contributed by atoms with Gasteiger partial charge in [-0.05, 0) is 0 Å². The summed E-state index contributed by atoms with van der Waals surface area (Å²) in [7, 11) is 0. The molecule has 6 nitrogen and oxygen atoms in total. The fraction of sp³-hybridized carbons (Fsp3) is 0.400. The maximum Gasteiger partial charge on any atom is 0.367 e. The summed E-state index contributed by atoms with van der Waals surface area (Å²) in [6.45, 7) is -1.46. The zero-order chi connectivity index (χ0) is 10.1. The van der Waals surface area contributed by atoms with Crippen LogP contribution in [-0.4, -0.2) is 37.8 Å². The summed E-state index contributed by atoms with van der Waals surface area (Å²) in [5.74, 6) is -1.46. The van der Waals surface area contributed by atoms with Crippen molar-refractivity contribution in [1.82, 2.24) is 15.0 Å². The summed E-state index contributed by atoms with van der Waals surface area (Å²) in [5.41, 5.74) is -0.604. The Morgan fingerprint density at radius 3 is 2.69 bits per heavy atom. The summed E-state index contributed by atoms with van der Waals surface area (Å²) in [4.78, 5) is 10.2. The van der Waals surface area contributed by atoms with Crippen molar-refractivity contribution in [2.75, 3.05) is 6.61 Å². The maximum atomic E-state index is 12.6. The molecule has 0 aliphatic heterocycles. The van der Waals surface area contributed by atoms with E-state index in [4.69, 9.17) is 10.2 Å². The van der Waals surface area contributed by atoms with Gasteiger partial charge in [-0.3, -0.25) is 0 Å². The predicted molar refractivity (Wildman–Crippen MR) is 34.3 cm³/mol. The van der Waals surface area contributed by atoms with Gasteiger partial charge in [-0.1, -0.05) is 5.21 Å². The van der Waals surface area contributed by atoms with Crippen molar-refractivity contribution in [3.63, 3.8) is 0 Å². The molecule has 72 valence electrons. The molecule has 8 heteroatoms. The van der Waals surface area contributed by atoms with E-state index in [1.165, 1.54) is 0 Å². The van der Waals surface area contributed by atoms with Crippen molar-refractivity contribution in [2.24, 2.45) is 0 Å². The van der Waals surface area contributed by atoms with Crippen LogP contribution in [0, 0.1) is 0 Å². The van der Waals surface area contributed by atoms with E-state index < -0.39 is 24.3 Å². The molecule has 0 amide bonds. The molecule has 0 aliphatic rings. The van der Waals surface area contributed by atoms with E-state index in [-0.39, 0.29) is 4.68 Å². The van der Waals surface area contributed by atoms with Crippen molar-refractivity contribution < 1.29 is 23.8 Å². The van der Waals surface area contributed by atoms with Crippen LogP contribution in [-0.2, 0) is 6.05 Å². The third kappa shape index (κ3) is 1.78. The van der Waals surface area contributed by atoms with Crippen LogP contribution in [0.5, 0.6) is 0 Å². The molecule has 0 spiro atoms. The van der Waals surface area contributed by atoms with Crippen LogP contribution < -0.4 is 0 Å². The number of carboxylic acid groups (broad SMARTS) is 1. The molecule has 0 unspecified atom stereocenters. The zero-order valence-electron chi connectivity index (χ0n) is 6.18. The van der Waals surface area contributed by atoms with Crippen LogP contribution in [0.2, 0.25) is 0 Å². The number of aliphatic hydroxyl groups is 1. The van der Waals surface area contributed by atoms with Crippen LogP contribution in [0.3, 0.4) is 0 Å². The molecule has 0 radical (unpaired) electrons. The highest BCUT2D eigenvalue weighted by Gasteiger charge is 2.32. The van der Waals surface area contributed by atoms with Crippen LogP contribution in [0.4, 0.5) is 8.78 Å². The Hall–Kier alpha value is -1.57. The Morgan fingerprint density at radius 2 is 2.31 bits per heavy atom. The molecule has 1 heterocycles. The van der Waals surface area contributed by atoms with Crippen LogP contribution in [0.25, 0.3) is 0 Å². The van der Waals surface area contributed by atoms with Gasteiger partial charge in [0.05, 0.1) is 6.20 Å². The Kier molecular flexibility index (Phi) is 2.24. The first-order valence-corrected chi connectivity index (χ1v) is 3.12. The minimum atomic E-state index is -3.62. The molecule has 0 saturated carbocycles. The van der Waals surface area contributed by atoms with Crippen LogP contribution in [0.1, 0.15) is 10.5 Å². The third-order valence-electron chi connectivity index (χ3n) is 1.24. The third-order valence-corrected chi connectivity index (χ3v) is 1.24. The molecule has 0 aliphatic carbocycles. The van der Waals surface area contributed by atoms with E-state index in [0.717, 1.165) is 0 Å². The quantitative estimate of drug-likeness (QED) is 0.676. The van der Waals surface area contributed by atoms with E-state index in [9.17, 15) is 13.6 Å². The van der Waals surface area contributed by atoms with Gasteiger partial charge < -0.3 is 10.2 Å². The van der Waals surface area contributed by atoms with Crippen molar-refractivity contribution in [3.05, 3.63) is 11.9 Å². The number of aliphatic hydroxyl groups excluding tert-OH is 1. The first-order chi connectivity index (χ1) is 5.97. The second-order valence-corrected chi connectivity index (χ2v) is 2.18. The number of hydrogen-bond donors (Lipinski definition) is 2. The van der Waals surface area contributed by atoms with Gasteiger partial charge in [0.1, 0.15) is 6.61 Å². The highest BCUT2D eigenvalue weighted by molar-refractivity contribution is 5.84. The lowest BCUT2D eigenvalue weighted by molar-refractivity contribution is -0.131. The Balaban J connectivity index is 2.98. The second kappa shape index (κ2) is 3.05. The number of hydrogen-bond acceptors (Lipinski definition) is 4. The molecule has 0 aromatic carbocycles. The molecule has 1 aromatic heterocycles. The second-order valence-electron chi connectivity index (χ2n) is 2.18. The molecule has 2 N–H and O–H groups in total. The number of aromatic nitrogens is 3. The largest absolute Gasteiger partial charge is 0.476 e. The SMILES string of the molecule is O=C(O)c1cn(C(F)(F)CO)nn1. The Bertz CT molecular complexity index is 325. The lowest BCUT2D eigenvalue weighted by atomic mass is 10.5. The number of aromatic carboxylic acids is 1. The highest BCUT2D eigenvalue weighted by atomic mass is 19.3. The number of halogens is 2. The van der Waals surface area contributed by atoms with Crippen molar-refractivity contribution >= 4 is 5.97 Å². The van der Waals surface area contributed by atoms with Crippen LogP contribution >= 0.6 is 0 Å². The topological polar surface area (TPSA) is 88.2 Å². The molecule has 13 heavy (non-hydrogen) atoms. The molecule has 0 atom stereocenters. The minimum absolute atomic E-state index is 0.00352. The average molecular weight is 193 g/mol. The van der Waals surface area contributed by atoms with Crippen molar-refractivity contribution in [3.8, 4) is 0 Å². The van der Waals surface area contributed by atoms with Gasteiger partial charge in [0.15, 0.2) is 5.69 Å². The molecule has 0 fully saturated rings. The van der Waals surface area contributed by atoms with E-state index in [0.29, 0.717) is 6.20 Å². The van der Waals surface area contributed by atoms with E-state index in [1.807, 2.05) is 0 Å².